The van der Waals surface area contributed by atoms with Crippen molar-refractivity contribution in [2.45, 2.75) is 33.2 Å². The lowest BCUT2D eigenvalue weighted by molar-refractivity contribution is 0.0684. The molecule has 1 aliphatic heterocycles. The predicted octanol–water partition coefficient (Wildman–Crippen LogP) is 1.76. The smallest absolute Gasteiger partial charge is 0.225 e. The third kappa shape index (κ3) is 4.15. The molecular weight excluding hydrogens is 252 g/mol. The van der Waals surface area contributed by atoms with E-state index in [1.165, 1.54) is 5.56 Å². The molecule has 5 nitrogen and oxygen atoms in total. The lowest BCUT2D eigenvalue weighted by Gasteiger charge is -2.27. The summed E-state index contributed by atoms with van der Waals surface area (Å²) >= 11 is 0. The highest BCUT2D eigenvalue weighted by Crippen LogP contribution is 2.18. The Hall–Kier alpha value is -1.20. The van der Waals surface area contributed by atoms with E-state index in [4.69, 9.17) is 4.74 Å². The van der Waals surface area contributed by atoms with Gasteiger partial charge in [0.25, 0.3) is 0 Å². The summed E-state index contributed by atoms with van der Waals surface area (Å²) in [5, 5.41) is 3.31. The number of hydrogen-bond donors (Lipinski definition) is 1. The standard InChI is InChI=1S/C15H26N4O/c1-4-16-9-14-10-17-15(18-12(14)2)19(3)11-13-5-7-20-8-6-13/h10,13,16H,4-9,11H2,1-3H3. The molecule has 0 bridgehead atoms. The van der Waals surface area contributed by atoms with Crippen LogP contribution < -0.4 is 10.2 Å². The topological polar surface area (TPSA) is 50.3 Å². The Labute approximate surface area is 121 Å². The first-order valence-electron chi connectivity index (χ1n) is 7.52. The van der Waals surface area contributed by atoms with Gasteiger partial charge in [-0.3, -0.25) is 0 Å². The van der Waals surface area contributed by atoms with Gasteiger partial charge in [-0.25, -0.2) is 9.97 Å². The van der Waals surface area contributed by atoms with Crippen molar-refractivity contribution < 1.29 is 4.74 Å². The molecule has 112 valence electrons. The van der Waals surface area contributed by atoms with Gasteiger partial charge in [-0.2, -0.15) is 0 Å². The zero-order valence-corrected chi connectivity index (χ0v) is 12.9. The van der Waals surface area contributed by atoms with Crippen LogP contribution in [-0.4, -0.2) is 43.3 Å². The van der Waals surface area contributed by atoms with Crippen LogP contribution in [0.5, 0.6) is 0 Å². The fourth-order valence-corrected chi connectivity index (χ4v) is 2.49. The Balaban J connectivity index is 1.95. The normalized spacial score (nSPS) is 16.4. The lowest BCUT2D eigenvalue weighted by atomic mass is 10.00. The van der Waals surface area contributed by atoms with Crippen molar-refractivity contribution in [2.24, 2.45) is 5.92 Å². The van der Waals surface area contributed by atoms with E-state index in [1.54, 1.807) is 0 Å². The Morgan fingerprint density at radius 3 is 2.80 bits per heavy atom. The maximum atomic E-state index is 5.40. The highest BCUT2D eigenvalue weighted by atomic mass is 16.5. The first-order valence-corrected chi connectivity index (χ1v) is 7.52. The maximum absolute atomic E-state index is 5.40. The first kappa shape index (κ1) is 15.2. The van der Waals surface area contributed by atoms with E-state index in [0.29, 0.717) is 5.92 Å². The third-order valence-electron chi connectivity index (χ3n) is 3.85. The van der Waals surface area contributed by atoms with Crippen LogP contribution in [0.4, 0.5) is 5.95 Å². The van der Waals surface area contributed by atoms with Gasteiger partial charge in [0.05, 0.1) is 0 Å². The van der Waals surface area contributed by atoms with E-state index in [1.807, 2.05) is 6.20 Å². The van der Waals surface area contributed by atoms with Gasteiger partial charge < -0.3 is 15.0 Å². The van der Waals surface area contributed by atoms with Crippen LogP contribution in [0.1, 0.15) is 31.0 Å². The van der Waals surface area contributed by atoms with Crippen molar-refractivity contribution >= 4 is 5.95 Å². The van der Waals surface area contributed by atoms with Gasteiger partial charge in [-0.1, -0.05) is 6.92 Å². The molecule has 1 saturated heterocycles. The average molecular weight is 278 g/mol. The molecule has 0 radical (unpaired) electrons. The number of ether oxygens (including phenoxy) is 1. The molecule has 1 fully saturated rings. The van der Waals surface area contributed by atoms with E-state index in [-0.39, 0.29) is 0 Å². The van der Waals surface area contributed by atoms with Crippen LogP contribution in [0.15, 0.2) is 6.20 Å². The molecule has 0 amide bonds. The maximum Gasteiger partial charge on any atom is 0.225 e. The Bertz CT molecular complexity index is 418. The highest BCUT2D eigenvalue weighted by Gasteiger charge is 2.17. The fraction of sp³-hybridized carbons (Fsp3) is 0.733. The minimum absolute atomic E-state index is 0.694. The monoisotopic (exact) mass is 278 g/mol. The van der Waals surface area contributed by atoms with Crippen LogP contribution in [-0.2, 0) is 11.3 Å². The second kappa shape index (κ2) is 7.55. The minimum Gasteiger partial charge on any atom is -0.381 e. The second-order valence-electron chi connectivity index (χ2n) is 5.50. The van der Waals surface area contributed by atoms with Crippen molar-refractivity contribution in [1.29, 1.82) is 0 Å². The summed E-state index contributed by atoms with van der Waals surface area (Å²) in [4.78, 5) is 11.3. The molecule has 0 spiro atoms. The number of nitrogens with zero attached hydrogens (tertiary/aromatic N) is 3. The van der Waals surface area contributed by atoms with Crippen molar-refractivity contribution in [3.8, 4) is 0 Å². The number of anilines is 1. The van der Waals surface area contributed by atoms with E-state index in [0.717, 1.165) is 57.3 Å². The summed E-state index contributed by atoms with van der Waals surface area (Å²) in [6.07, 6.45) is 4.23. The molecule has 0 saturated carbocycles. The number of aryl methyl sites for hydroxylation is 1. The summed E-state index contributed by atoms with van der Waals surface area (Å²) in [5.74, 6) is 1.52. The number of aromatic nitrogens is 2. The molecule has 20 heavy (non-hydrogen) atoms. The van der Waals surface area contributed by atoms with Crippen molar-refractivity contribution in [3.05, 3.63) is 17.5 Å². The van der Waals surface area contributed by atoms with E-state index in [2.05, 4.69) is 41.1 Å². The van der Waals surface area contributed by atoms with Crippen LogP contribution in [0, 0.1) is 12.8 Å². The SMILES string of the molecule is CCNCc1cnc(N(C)CC2CCOCC2)nc1C. The van der Waals surface area contributed by atoms with Crippen molar-refractivity contribution in [1.82, 2.24) is 15.3 Å². The van der Waals surface area contributed by atoms with Gasteiger partial charge in [0.1, 0.15) is 0 Å². The molecule has 1 aliphatic rings. The van der Waals surface area contributed by atoms with E-state index < -0.39 is 0 Å². The summed E-state index contributed by atoms with van der Waals surface area (Å²) in [5.41, 5.74) is 2.24. The van der Waals surface area contributed by atoms with Gasteiger partial charge in [-0.15, -0.1) is 0 Å². The lowest BCUT2D eigenvalue weighted by Crippen LogP contribution is -2.30. The first-order chi connectivity index (χ1) is 9.70. The molecule has 1 aromatic heterocycles. The zero-order valence-electron chi connectivity index (χ0n) is 12.9. The summed E-state index contributed by atoms with van der Waals surface area (Å²) in [6, 6.07) is 0. The molecule has 0 aliphatic carbocycles. The summed E-state index contributed by atoms with van der Waals surface area (Å²) in [7, 11) is 2.08. The molecular formula is C15H26N4O. The summed E-state index contributed by atoms with van der Waals surface area (Å²) < 4.78 is 5.40. The molecule has 2 rings (SSSR count). The van der Waals surface area contributed by atoms with Crippen molar-refractivity contribution in [2.75, 3.05) is 38.3 Å². The van der Waals surface area contributed by atoms with E-state index >= 15 is 0 Å². The quantitative estimate of drug-likeness (QED) is 0.859. The zero-order chi connectivity index (χ0) is 14.4. The number of rotatable bonds is 6. The molecule has 1 N–H and O–H groups in total. The van der Waals surface area contributed by atoms with Gasteiger partial charge in [-0.05, 0) is 32.2 Å². The van der Waals surface area contributed by atoms with Crippen molar-refractivity contribution in [3.63, 3.8) is 0 Å². The molecule has 0 unspecified atom stereocenters. The molecule has 0 atom stereocenters. The second-order valence-corrected chi connectivity index (χ2v) is 5.50. The molecule has 1 aromatic rings. The van der Waals surface area contributed by atoms with Crippen LogP contribution in [0.25, 0.3) is 0 Å². The third-order valence-corrected chi connectivity index (χ3v) is 3.85. The largest absolute Gasteiger partial charge is 0.381 e. The van der Waals surface area contributed by atoms with Gasteiger partial charge >= 0.3 is 0 Å². The van der Waals surface area contributed by atoms with Gasteiger partial charge in [0.2, 0.25) is 5.95 Å². The van der Waals surface area contributed by atoms with E-state index in [9.17, 15) is 0 Å². The Kier molecular flexibility index (Phi) is 5.73. The average Bonchev–Trinajstić information content (AvgIpc) is 2.47. The number of nitrogens with one attached hydrogen (secondary N) is 1. The predicted molar refractivity (Wildman–Crippen MR) is 81.0 cm³/mol. The van der Waals surface area contributed by atoms with Gasteiger partial charge in [0, 0.05) is 50.8 Å². The Morgan fingerprint density at radius 1 is 1.40 bits per heavy atom. The van der Waals surface area contributed by atoms with Crippen LogP contribution in [0.3, 0.4) is 0 Å². The van der Waals surface area contributed by atoms with Crippen LogP contribution in [0.2, 0.25) is 0 Å². The highest BCUT2D eigenvalue weighted by molar-refractivity contribution is 5.31. The molecule has 2 heterocycles. The number of hydrogen-bond acceptors (Lipinski definition) is 5. The van der Waals surface area contributed by atoms with Gasteiger partial charge in [0.15, 0.2) is 0 Å². The molecule has 0 aromatic carbocycles. The van der Waals surface area contributed by atoms with Crippen LogP contribution >= 0.6 is 0 Å². The molecule has 5 heteroatoms. The summed E-state index contributed by atoms with van der Waals surface area (Å²) in [6.45, 7) is 8.75. The minimum atomic E-state index is 0.694. The Morgan fingerprint density at radius 2 is 2.15 bits per heavy atom. The fourth-order valence-electron chi connectivity index (χ4n) is 2.49.